The van der Waals surface area contributed by atoms with Gasteiger partial charge in [0.15, 0.2) is 0 Å². The maximum absolute atomic E-state index is 12.4. The molecule has 0 spiro atoms. The molecule has 0 bridgehead atoms. The molecule has 4 unspecified atom stereocenters. The lowest BCUT2D eigenvalue weighted by Crippen LogP contribution is -2.55. The molecule has 4 atom stereocenters. The van der Waals surface area contributed by atoms with E-state index in [0.717, 1.165) is 32.1 Å². The first-order chi connectivity index (χ1) is 10.0. The van der Waals surface area contributed by atoms with Gasteiger partial charge in [0.2, 0.25) is 0 Å². The first kappa shape index (κ1) is 16.1. The summed E-state index contributed by atoms with van der Waals surface area (Å²) in [4.78, 5) is 25.4. The van der Waals surface area contributed by atoms with Gasteiger partial charge in [-0.3, -0.25) is 0 Å². The predicted molar refractivity (Wildman–Crippen MR) is 81.1 cm³/mol. The lowest BCUT2D eigenvalue weighted by Gasteiger charge is -2.38. The molecule has 2 fully saturated rings. The molecule has 21 heavy (non-hydrogen) atoms. The fourth-order valence-corrected chi connectivity index (χ4v) is 3.71. The molecule has 1 aliphatic heterocycles. The van der Waals surface area contributed by atoms with Crippen LogP contribution in [-0.2, 0) is 4.79 Å². The van der Waals surface area contributed by atoms with Crippen molar-refractivity contribution in [2.45, 2.75) is 70.9 Å². The predicted octanol–water partition coefficient (Wildman–Crippen LogP) is 2.85. The molecule has 5 nitrogen and oxygen atoms in total. The van der Waals surface area contributed by atoms with Crippen molar-refractivity contribution in [2.75, 3.05) is 6.54 Å². The van der Waals surface area contributed by atoms with Crippen molar-refractivity contribution in [3.8, 4) is 0 Å². The number of urea groups is 1. The summed E-state index contributed by atoms with van der Waals surface area (Å²) in [6.45, 7) is 4.86. The largest absolute Gasteiger partial charge is 0.480 e. The van der Waals surface area contributed by atoms with E-state index < -0.39 is 12.0 Å². The maximum Gasteiger partial charge on any atom is 0.326 e. The molecular formula is C16H28N2O3. The molecule has 1 saturated heterocycles. The molecule has 0 aromatic carbocycles. The topological polar surface area (TPSA) is 69.6 Å². The van der Waals surface area contributed by atoms with E-state index >= 15 is 0 Å². The molecule has 2 N–H and O–H groups in total. The summed E-state index contributed by atoms with van der Waals surface area (Å²) >= 11 is 0. The number of nitrogens with zero attached hydrogens (tertiary/aromatic N) is 1. The fourth-order valence-electron chi connectivity index (χ4n) is 3.71. The number of piperidine rings is 1. The van der Waals surface area contributed by atoms with Crippen molar-refractivity contribution in [3.63, 3.8) is 0 Å². The molecule has 5 heteroatoms. The van der Waals surface area contributed by atoms with Gasteiger partial charge in [0.1, 0.15) is 6.04 Å². The summed E-state index contributed by atoms with van der Waals surface area (Å²) in [5.41, 5.74) is 0. The highest BCUT2D eigenvalue weighted by Gasteiger charge is 2.36. The lowest BCUT2D eigenvalue weighted by atomic mass is 9.87. The highest BCUT2D eigenvalue weighted by Crippen LogP contribution is 2.27. The van der Waals surface area contributed by atoms with Crippen molar-refractivity contribution in [1.29, 1.82) is 0 Å². The van der Waals surface area contributed by atoms with Crippen LogP contribution in [0.25, 0.3) is 0 Å². The van der Waals surface area contributed by atoms with Gasteiger partial charge in [-0.2, -0.15) is 0 Å². The first-order valence-corrected chi connectivity index (χ1v) is 8.31. The Morgan fingerprint density at radius 1 is 1.24 bits per heavy atom. The van der Waals surface area contributed by atoms with Crippen molar-refractivity contribution >= 4 is 12.0 Å². The van der Waals surface area contributed by atoms with Gasteiger partial charge in [-0.25, -0.2) is 9.59 Å². The third kappa shape index (κ3) is 4.11. The van der Waals surface area contributed by atoms with Crippen molar-refractivity contribution in [1.82, 2.24) is 10.2 Å². The average molecular weight is 296 g/mol. The van der Waals surface area contributed by atoms with E-state index in [1.165, 1.54) is 11.3 Å². The second-order valence-corrected chi connectivity index (χ2v) is 6.76. The number of carboxylic acids is 1. The van der Waals surface area contributed by atoms with E-state index in [-0.39, 0.29) is 12.1 Å². The zero-order chi connectivity index (χ0) is 15.4. The molecule has 0 radical (unpaired) electrons. The zero-order valence-electron chi connectivity index (χ0n) is 13.2. The van der Waals surface area contributed by atoms with Gasteiger partial charge >= 0.3 is 12.0 Å². The second-order valence-electron chi connectivity index (χ2n) is 6.76. The smallest absolute Gasteiger partial charge is 0.326 e. The van der Waals surface area contributed by atoms with E-state index in [9.17, 15) is 14.7 Å². The Morgan fingerprint density at radius 3 is 2.62 bits per heavy atom. The SMILES string of the molecule is CCC1CCN(C(=O)NC2CCCC(C)C2)C(C(=O)O)C1. The first-order valence-electron chi connectivity index (χ1n) is 8.31. The Balaban J connectivity index is 1.95. The highest BCUT2D eigenvalue weighted by atomic mass is 16.4. The van der Waals surface area contributed by atoms with E-state index in [1.807, 2.05) is 0 Å². The van der Waals surface area contributed by atoms with Gasteiger partial charge in [-0.05, 0) is 37.5 Å². The fraction of sp³-hybridized carbons (Fsp3) is 0.875. The molecule has 0 aromatic rings. The minimum atomic E-state index is -0.875. The lowest BCUT2D eigenvalue weighted by molar-refractivity contribution is -0.144. The average Bonchev–Trinajstić information content (AvgIpc) is 2.46. The number of amides is 2. The van der Waals surface area contributed by atoms with Crippen molar-refractivity contribution in [2.24, 2.45) is 11.8 Å². The number of likely N-dealkylation sites (tertiary alicyclic amines) is 1. The number of nitrogens with one attached hydrogen (secondary N) is 1. The molecular weight excluding hydrogens is 268 g/mol. The molecule has 0 aromatic heterocycles. The van der Waals surface area contributed by atoms with Crippen LogP contribution in [0.2, 0.25) is 0 Å². The van der Waals surface area contributed by atoms with Crippen LogP contribution in [-0.4, -0.2) is 40.6 Å². The number of carbonyl (C=O) groups is 2. The third-order valence-corrected chi connectivity index (χ3v) is 5.10. The molecule has 2 aliphatic rings. The van der Waals surface area contributed by atoms with Crippen LogP contribution >= 0.6 is 0 Å². The van der Waals surface area contributed by atoms with Gasteiger partial charge in [0, 0.05) is 12.6 Å². The van der Waals surface area contributed by atoms with Gasteiger partial charge < -0.3 is 15.3 Å². The maximum atomic E-state index is 12.4. The Morgan fingerprint density at radius 2 is 2.00 bits per heavy atom. The van der Waals surface area contributed by atoms with Gasteiger partial charge in [-0.1, -0.05) is 33.1 Å². The zero-order valence-corrected chi connectivity index (χ0v) is 13.2. The minimum absolute atomic E-state index is 0.184. The summed E-state index contributed by atoms with van der Waals surface area (Å²) in [5.74, 6) is 0.190. The minimum Gasteiger partial charge on any atom is -0.480 e. The number of aliphatic carboxylic acids is 1. The van der Waals surface area contributed by atoms with E-state index in [1.54, 1.807) is 0 Å². The summed E-state index contributed by atoms with van der Waals surface area (Å²) in [6, 6.07) is -0.639. The number of carbonyl (C=O) groups excluding carboxylic acids is 1. The van der Waals surface area contributed by atoms with Crippen LogP contribution in [0.1, 0.15) is 58.8 Å². The Labute approximate surface area is 127 Å². The van der Waals surface area contributed by atoms with Gasteiger partial charge in [-0.15, -0.1) is 0 Å². The summed E-state index contributed by atoms with van der Waals surface area (Å²) in [6.07, 6.45) is 6.88. The Hall–Kier alpha value is -1.26. The monoisotopic (exact) mass is 296 g/mol. The van der Waals surface area contributed by atoms with Gasteiger partial charge in [0.25, 0.3) is 0 Å². The van der Waals surface area contributed by atoms with E-state index in [0.29, 0.717) is 24.8 Å². The standard InChI is InChI=1S/C16H28N2O3/c1-3-12-7-8-18(14(10-12)15(19)20)16(21)17-13-6-4-5-11(2)9-13/h11-14H,3-10H2,1-2H3,(H,17,21)(H,19,20). The van der Waals surface area contributed by atoms with Gasteiger partial charge in [0.05, 0.1) is 0 Å². The second kappa shape index (κ2) is 7.14. The number of hydrogen-bond acceptors (Lipinski definition) is 2. The molecule has 1 aliphatic carbocycles. The van der Waals surface area contributed by atoms with E-state index in [2.05, 4.69) is 19.2 Å². The van der Waals surface area contributed by atoms with Crippen LogP contribution in [0.3, 0.4) is 0 Å². The Kier molecular flexibility index (Phi) is 5.48. The van der Waals surface area contributed by atoms with Crippen LogP contribution in [0, 0.1) is 11.8 Å². The molecule has 2 rings (SSSR count). The van der Waals surface area contributed by atoms with Crippen LogP contribution in [0.15, 0.2) is 0 Å². The van der Waals surface area contributed by atoms with Crippen LogP contribution in [0.4, 0.5) is 4.79 Å². The summed E-state index contributed by atoms with van der Waals surface area (Å²) in [7, 11) is 0. The van der Waals surface area contributed by atoms with Crippen molar-refractivity contribution in [3.05, 3.63) is 0 Å². The highest BCUT2D eigenvalue weighted by molar-refractivity contribution is 5.83. The molecule has 1 saturated carbocycles. The van der Waals surface area contributed by atoms with Crippen LogP contribution < -0.4 is 5.32 Å². The number of carboxylic acid groups (broad SMARTS) is 1. The van der Waals surface area contributed by atoms with Crippen LogP contribution in [0.5, 0.6) is 0 Å². The number of hydrogen-bond donors (Lipinski definition) is 2. The normalized spacial score (nSPS) is 33.5. The van der Waals surface area contributed by atoms with E-state index in [4.69, 9.17) is 0 Å². The quantitative estimate of drug-likeness (QED) is 0.841. The Bertz CT molecular complexity index is 386. The number of rotatable bonds is 3. The molecule has 1 heterocycles. The summed E-state index contributed by atoms with van der Waals surface area (Å²) < 4.78 is 0. The third-order valence-electron chi connectivity index (χ3n) is 5.10. The molecule has 2 amide bonds. The summed E-state index contributed by atoms with van der Waals surface area (Å²) in [5, 5.41) is 12.5. The van der Waals surface area contributed by atoms with Crippen molar-refractivity contribution < 1.29 is 14.7 Å². The molecule has 120 valence electrons.